The standard InChI is InChI=1S/C32H48FNO4S/c1-5-23-27-18-21(35)12-15-32(27,4)26-13-16-31(3)24(10-11-25(31)28(26)29(23)36)19(2)14-17-38-30(37)34-39-22-8-6-20(33)7-9-22/h6-9,19,21,23-29,35-36H,5,10-18H2,1-4H3,(H,34,37)/t19-,21-,23-,24-,25?,26?,27?,28?,29-,31-,32?/m1/s1. The molecular formula is C32H48FNO4S. The van der Waals surface area contributed by atoms with Gasteiger partial charge in [-0.3, -0.25) is 4.72 Å². The van der Waals surface area contributed by atoms with E-state index in [1.165, 1.54) is 37.8 Å². The largest absolute Gasteiger partial charge is 0.449 e. The van der Waals surface area contributed by atoms with Crippen LogP contribution in [0.5, 0.6) is 0 Å². The number of halogens is 1. The van der Waals surface area contributed by atoms with Crippen molar-refractivity contribution in [1.82, 2.24) is 4.72 Å². The second-order valence-corrected chi connectivity index (χ2v) is 14.6. The Hall–Kier alpha value is -1.31. The van der Waals surface area contributed by atoms with E-state index in [0.717, 1.165) is 48.9 Å². The lowest BCUT2D eigenvalue weighted by atomic mass is 9.41. The Balaban J connectivity index is 1.19. The molecule has 11 atom stereocenters. The minimum Gasteiger partial charge on any atom is -0.449 e. The molecule has 4 saturated carbocycles. The van der Waals surface area contributed by atoms with E-state index < -0.39 is 6.09 Å². The lowest BCUT2D eigenvalue weighted by molar-refractivity contribution is -0.203. The first-order valence-electron chi connectivity index (χ1n) is 15.3. The lowest BCUT2D eigenvalue weighted by Crippen LogP contribution is -2.62. The van der Waals surface area contributed by atoms with E-state index in [1.807, 2.05) is 0 Å². The molecule has 3 N–H and O–H groups in total. The van der Waals surface area contributed by atoms with Crippen LogP contribution in [-0.2, 0) is 4.74 Å². The van der Waals surface area contributed by atoms with Crippen molar-refractivity contribution in [3.8, 4) is 0 Å². The Labute approximate surface area is 238 Å². The maximum absolute atomic E-state index is 13.1. The number of rotatable bonds is 7. The molecule has 4 aliphatic rings. The molecule has 0 bridgehead atoms. The molecule has 0 saturated heterocycles. The Kier molecular flexibility index (Phi) is 8.62. The number of ether oxygens (including phenoxy) is 1. The van der Waals surface area contributed by atoms with Gasteiger partial charge in [0.15, 0.2) is 0 Å². The van der Waals surface area contributed by atoms with Crippen LogP contribution >= 0.6 is 11.9 Å². The van der Waals surface area contributed by atoms with Gasteiger partial charge >= 0.3 is 6.09 Å². The zero-order valence-electron chi connectivity index (χ0n) is 24.1. The third-order valence-electron chi connectivity index (χ3n) is 12.0. The van der Waals surface area contributed by atoms with Crippen molar-refractivity contribution >= 4 is 18.0 Å². The number of nitrogens with one attached hydrogen (secondary N) is 1. The highest BCUT2D eigenvalue weighted by atomic mass is 32.2. The summed E-state index contributed by atoms with van der Waals surface area (Å²) >= 11 is 1.13. The van der Waals surface area contributed by atoms with Gasteiger partial charge < -0.3 is 14.9 Å². The van der Waals surface area contributed by atoms with Crippen molar-refractivity contribution in [3.05, 3.63) is 30.1 Å². The zero-order chi connectivity index (χ0) is 27.9. The number of amides is 1. The number of benzene rings is 1. The third-order valence-corrected chi connectivity index (χ3v) is 12.8. The first-order chi connectivity index (χ1) is 18.6. The first-order valence-corrected chi connectivity index (χ1v) is 16.1. The van der Waals surface area contributed by atoms with Crippen LogP contribution < -0.4 is 4.72 Å². The van der Waals surface area contributed by atoms with E-state index in [-0.39, 0.29) is 34.8 Å². The zero-order valence-corrected chi connectivity index (χ0v) is 24.9. The van der Waals surface area contributed by atoms with Crippen LogP contribution in [0.15, 0.2) is 29.2 Å². The molecule has 0 aliphatic heterocycles. The number of fused-ring (bicyclic) bond motifs is 5. The van der Waals surface area contributed by atoms with Gasteiger partial charge in [-0.1, -0.05) is 34.1 Å². The molecule has 4 fully saturated rings. The second-order valence-electron chi connectivity index (χ2n) is 13.7. The number of hydrogen-bond donors (Lipinski definition) is 3. The number of hydrogen-bond acceptors (Lipinski definition) is 5. The van der Waals surface area contributed by atoms with Crippen LogP contribution in [0, 0.1) is 58.1 Å². The van der Waals surface area contributed by atoms with Crippen molar-refractivity contribution < 1.29 is 24.1 Å². The van der Waals surface area contributed by atoms with Gasteiger partial charge in [0.1, 0.15) is 5.82 Å². The van der Waals surface area contributed by atoms with E-state index in [4.69, 9.17) is 4.74 Å². The van der Waals surface area contributed by atoms with Crippen LogP contribution in [0.3, 0.4) is 0 Å². The van der Waals surface area contributed by atoms with Gasteiger partial charge in [0.25, 0.3) is 0 Å². The fraction of sp³-hybridized carbons (Fsp3) is 0.781. The third kappa shape index (κ3) is 5.37. The maximum atomic E-state index is 13.1. The maximum Gasteiger partial charge on any atom is 0.417 e. The van der Waals surface area contributed by atoms with Gasteiger partial charge in [-0.25, -0.2) is 9.18 Å². The fourth-order valence-electron chi connectivity index (χ4n) is 10.1. The molecule has 5 unspecified atom stereocenters. The highest BCUT2D eigenvalue weighted by molar-refractivity contribution is 7.98. The van der Waals surface area contributed by atoms with Gasteiger partial charge in [-0.05, 0) is 140 Å². The van der Waals surface area contributed by atoms with Gasteiger partial charge in [0.05, 0.1) is 18.8 Å². The summed E-state index contributed by atoms with van der Waals surface area (Å²) in [4.78, 5) is 13.0. The van der Waals surface area contributed by atoms with Crippen molar-refractivity contribution in [2.75, 3.05) is 6.61 Å². The van der Waals surface area contributed by atoms with Crippen LogP contribution in [0.4, 0.5) is 9.18 Å². The van der Waals surface area contributed by atoms with E-state index in [1.54, 1.807) is 12.1 Å². The highest BCUT2D eigenvalue weighted by Gasteiger charge is 2.64. The van der Waals surface area contributed by atoms with E-state index >= 15 is 0 Å². The topological polar surface area (TPSA) is 78.8 Å². The number of aliphatic hydroxyl groups is 2. The van der Waals surface area contributed by atoms with Crippen LogP contribution in [-0.4, -0.2) is 35.1 Å². The van der Waals surface area contributed by atoms with Crippen molar-refractivity contribution in [1.29, 1.82) is 0 Å². The molecule has 1 amide bonds. The average Bonchev–Trinajstić information content (AvgIpc) is 3.27. The average molecular weight is 562 g/mol. The fourth-order valence-corrected chi connectivity index (χ4v) is 10.6. The van der Waals surface area contributed by atoms with E-state index in [2.05, 4.69) is 32.4 Å². The summed E-state index contributed by atoms with van der Waals surface area (Å²) in [6, 6.07) is 5.98. The molecule has 4 aliphatic carbocycles. The smallest absolute Gasteiger partial charge is 0.417 e. The van der Waals surface area contributed by atoms with Crippen LogP contribution in [0.2, 0.25) is 0 Å². The normalized spacial score (nSPS) is 42.1. The molecule has 0 spiro atoms. The first kappa shape index (κ1) is 29.2. The Morgan fingerprint density at radius 3 is 2.49 bits per heavy atom. The molecular weight excluding hydrogens is 513 g/mol. The van der Waals surface area contributed by atoms with Gasteiger partial charge in [-0.2, -0.15) is 0 Å². The quantitative estimate of drug-likeness (QED) is 0.307. The minimum atomic E-state index is -0.469. The van der Waals surface area contributed by atoms with Gasteiger partial charge in [0, 0.05) is 4.90 Å². The molecule has 5 rings (SSSR count). The predicted molar refractivity (Wildman–Crippen MR) is 152 cm³/mol. The molecule has 7 heteroatoms. The Bertz CT molecular complexity index is 1010. The Morgan fingerprint density at radius 1 is 1.08 bits per heavy atom. The molecule has 0 heterocycles. The molecule has 1 aromatic rings. The second kappa shape index (κ2) is 11.5. The molecule has 5 nitrogen and oxygen atoms in total. The van der Waals surface area contributed by atoms with Gasteiger partial charge in [-0.15, -0.1) is 0 Å². The van der Waals surface area contributed by atoms with Crippen molar-refractivity contribution in [2.45, 2.75) is 103 Å². The number of aliphatic hydroxyl groups excluding tert-OH is 2. The SMILES string of the molecule is CC[C@@H]1C2C[C@H](O)CCC2(C)C2CC[C@@]3(C)C(CC[C@@H]3[C@H](C)CCOC(=O)NSc3ccc(F)cc3)C2[C@@H]1O. The summed E-state index contributed by atoms with van der Waals surface area (Å²) in [6.07, 6.45) is 8.45. The monoisotopic (exact) mass is 561 g/mol. The summed E-state index contributed by atoms with van der Waals surface area (Å²) in [7, 11) is 0. The van der Waals surface area contributed by atoms with E-state index in [0.29, 0.717) is 42.1 Å². The molecule has 0 radical (unpaired) electrons. The summed E-state index contributed by atoms with van der Waals surface area (Å²) in [5.74, 6) is 2.84. The van der Waals surface area contributed by atoms with Crippen molar-refractivity contribution in [3.63, 3.8) is 0 Å². The highest BCUT2D eigenvalue weighted by Crippen LogP contribution is 2.69. The van der Waals surface area contributed by atoms with E-state index in [9.17, 15) is 19.4 Å². The summed E-state index contributed by atoms with van der Waals surface area (Å²) < 4.78 is 21.2. The molecule has 0 aromatic heterocycles. The van der Waals surface area contributed by atoms with Crippen LogP contribution in [0.1, 0.15) is 85.5 Å². The molecule has 1 aromatic carbocycles. The lowest BCUT2D eigenvalue weighted by Gasteiger charge is -2.64. The van der Waals surface area contributed by atoms with Crippen LogP contribution in [0.25, 0.3) is 0 Å². The molecule has 39 heavy (non-hydrogen) atoms. The summed E-state index contributed by atoms with van der Waals surface area (Å²) in [5, 5.41) is 22.4. The predicted octanol–water partition coefficient (Wildman–Crippen LogP) is 7.21. The molecule has 218 valence electrons. The van der Waals surface area contributed by atoms with Gasteiger partial charge in [0.2, 0.25) is 0 Å². The van der Waals surface area contributed by atoms with Crippen molar-refractivity contribution in [2.24, 2.45) is 52.3 Å². The number of carbonyl (C=O) groups excluding carboxylic acids is 1. The summed E-state index contributed by atoms with van der Waals surface area (Å²) in [6.45, 7) is 9.89. The Morgan fingerprint density at radius 2 is 1.77 bits per heavy atom. The number of carbonyl (C=O) groups is 1. The summed E-state index contributed by atoms with van der Waals surface area (Å²) in [5.41, 5.74) is 0.430. The minimum absolute atomic E-state index is 0.206.